The lowest BCUT2D eigenvalue weighted by atomic mass is 9.95. The van der Waals surface area contributed by atoms with Crippen molar-refractivity contribution in [3.63, 3.8) is 0 Å². The fourth-order valence-electron chi connectivity index (χ4n) is 2.53. The summed E-state index contributed by atoms with van der Waals surface area (Å²) < 4.78 is 0. The molecule has 1 fully saturated rings. The molecule has 1 saturated heterocycles. The van der Waals surface area contributed by atoms with Crippen molar-refractivity contribution in [2.24, 2.45) is 5.92 Å². The molecule has 18 heavy (non-hydrogen) atoms. The number of pyridine rings is 1. The number of piperidine rings is 1. The number of hydrogen-bond donors (Lipinski definition) is 1. The molecule has 1 aliphatic heterocycles. The van der Waals surface area contributed by atoms with Crippen LogP contribution in [0.4, 0.5) is 0 Å². The van der Waals surface area contributed by atoms with Gasteiger partial charge in [-0.2, -0.15) is 0 Å². The third-order valence-electron chi connectivity index (χ3n) is 3.76. The van der Waals surface area contributed by atoms with Crippen molar-refractivity contribution in [1.82, 2.24) is 15.0 Å². The molecule has 2 aromatic rings. The molecule has 1 aliphatic rings. The SMILES string of the molecule is CCC1CCN(Oc2cnc3[nH]ccc3c2)CC1. The van der Waals surface area contributed by atoms with E-state index in [0.717, 1.165) is 35.8 Å². The first-order valence-corrected chi connectivity index (χ1v) is 6.71. The molecule has 0 spiro atoms. The number of nitrogens with one attached hydrogen (secondary N) is 1. The van der Waals surface area contributed by atoms with Gasteiger partial charge in [0.2, 0.25) is 0 Å². The second kappa shape index (κ2) is 4.98. The predicted molar refractivity (Wildman–Crippen MR) is 71.3 cm³/mol. The van der Waals surface area contributed by atoms with Crippen LogP contribution < -0.4 is 4.84 Å². The average molecular weight is 245 g/mol. The van der Waals surface area contributed by atoms with E-state index in [1.54, 1.807) is 6.20 Å². The second-order valence-electron chi connectivity index (χ2n) is 4.96. The van der Waals surface area contributed by atoms with E-state index in [1.807, 2.05) is 18.3 Å². The third kappa shape index (κ3) is 2.34. The Morgan fingerprint density at radius 3 is 3.06 bits per heavy atom. The van der Waals surface area contributed by atoms with Gasteiger partial charge in [-0.05, 0) is 30.9 Å². The van der Waals surface area contributed by atoms with E-state index in [9.17, 15) is 0 Å². The maximum atomic E-state index is 5.88. The number of H-pyrrole nitrogens is 1. The van der Waals surface area contributed by atoms with Crippen molar-refractivity contribution in [2.45, 2.75) is 26.2 Å². The van der Waals surface area contributed by atoms with E-state index in [4.69, 9.17) is 4.84 Å². The van der Waals surface area contributed by atoms with Gasteiger partial charge in [-0.15, -0.1) is 5.06 Å². The van der Waals surface area contributed by atoms with E-state index in [2.05, 4.69) is 22.0 Å². The number of fused-ring (bicyclic) bond motifs is 1. The fourth-order valence-corrected chi connectivity index (χ4v) is 2.53. The Labute approximate surface area is 107 Å². The van der Waals surface area contributed by atoms with E-state index in [-0.39, 0.29) is 0 Å². The minimum absolute atomic E-state index is 0.831. The molecular formula is C14H19N3O. The quantitative estimate of drug-likeness (QED) is 0.903. The monoisotopic (exact) mass is 245 g/mol. The Balaban J connectivity index is 1.65. The number of rotatable bonds is 3. The highest BCUT2D eigenvalue weighted by Crippen LogP contribution is 2.23. The normalized spacial score (nSPS) is 18.3. The number of nitrogens with zero attached hydrogens (tertiary/aromatic N) is 2. The summed E-state index contributed by atoms with van der Waals surface area (Å²) in [7, 11) is 0. The molecule has 2 aromatic heterocycles. The van der Waals surface area contributed by atoms with Crippen molar-refractivity contribution in [1.29, 1.82) is 0 Å². The summed E-state index contributed by atoms with van der Waals surface area (Å²) >= 11 is 0. The molecule has 0 amide bonds. The molecule has 4 heteroatoms. The molecule has 3 rings (SSSR count). The van der Waals surface area contributed by atoms with Gasteiger partial charge in [0, 0.05) is 24.7 Å². The molecule has 96 valence electrons. The van der Waals surface area contributed by atoms with Crippen LogP contribution in [0.25, 0.3) is 11.0 Å². The maximum Gasteiger partial charge on any atom is 0.166 e. The highest BCUT2D eigenvalue weighted by molar-refractivity contribution is 5.76. The van der Waals surface area contributed by atoms with Crippen LogP contribution >= 0.6 is 0 Å². The standard InChI is InChI=1S/C14H19N3O/c1-2-11-4-7-17(8-5-11)18-13-9-12-3-6-15-14(12)16-10-13/h3,6,9-11H,2,4-5,7-8H2,1H3,(H,15,16). The van der Waals surface area contributed by atoms with Crippen LogP contribution in [0.2, 0.25) is 0 Å². The van der Waals surface area contributed by atoms with Crippen LogP contribution in [0.1, 0.15) is 26.2 Å². The molecule has 0 unspecified atom stereocenters. The van der Waals surface area contributed by atoms with Gasteiger partial charge >= 0.3 is 0 Å². The Kier molecular flexibility index (Phi) is 3.19. The lowest BCUT2D eigenvalue weighted by Crippen LogP contribution is -2.36. The Morgan fingerprint density at radius 1 is 1.44 bits per heavy atom. The summed E-state index contributed by atoms with van der Waals surface area (Å²) in [6, 6.07) is 4.04. The summed E-state index contributed by atoms with van der Waals surface area (Å²) in [5, 5.41) is 3.15. The topological polar surface area (TPSA) is 41.1 Å². The van der Waals surface area contributed by atoms with Crippen LogP contribution in [-0.2, 0) is 0 Å². The Bertz CT molecular complexity index is 514. The summed E-state index contributed by atoms with van der Waals surface area (Å²) in [5.41, 5.74) is 0.909. The van der Waals surface area contributed by atoms with Gasteiger partial charge in [0.05, 0.1) is 6.20 Å². The average Bonchev–Trinajstić information content (AvgIpc) is 2.87. The van der Waals surface area contributed by atoms with Crippen molar-refractivity contribution in [3.05, 3.63) is 24.5 Å². The number of hydroxylamine groups is 2. The smallest absolute Gasteiger partial charge is 0.166 e. The summed E-state index contributed by atoms with van der Waals surface area (Å²) in [4.78, 5) is 13.3. The first-order valence-electron chi connectivity index (χ1n) is 6.71. The van der Waals surface area contributed by atoms with Gasteiger partial charge in [0.15, 0.2) is 5.75 Å². The third-order valence-corrected chi connectivity index (χ3v) is 3.76. The number of hydrogen-bond acceptors (Lipinski definition) is 3. The van der Waals surface area contributed by atoms with Crippen LogP contribution in [0, 0.1) is 5.92 Å². The van der Waals surface area contributed by atoms with E-state index in [1.165, 1.54) is 19.3 Å². The Morgan fingerprint density at radius 2 is 2.28 bits per heavy atom. The van der Waals surface area contributed by atoms with Crippen LogP contribution in [0.3, 0.4) is 0 Å². The highest BCUT2D eigenvalue weighted by atomic mass is 16.7. The molecule has 0 radical (unpaired) electrons. The molecule has 0 saturated carbocycles. The van der Waals surface area contributed by atoms with Gasteiger partial charge in [0.25, 0.3) is 0 Å². The fraction of sp³-hybridized carbons (Fsp3) is 0.500. The molecule has 3 heterocycles. The molecule has 0 atom stereocenters. The van der Waals surface area contributed by atoms with Gasteiger partial charge in [-0.3, -0.25) is 0 Å². The van der Waals surface area contributed by atoms with Crippen molar-refractivity contribution < 1.29 is 4.84 Å². The second-order valence-corrected chi connectivity index (χ2v) is 4.96. The predicted octanol–water partition coefficient (Wildman–Crippen LogP) is 2.98. The van der Waals surface area contributed by atoms with Crippen molar-refractivity contribution >= 4 is 11.0 Å². The molecule has 0 bridgehead atoms. The maximum absolute atomic E-state index is 5.88. The molecule has 0 aromatic carbocycles. The van der Waals surface area contributed by atoms with Crippen LogP contribution in [0.5, 0.6) is 5.75 Å². The molecular weight excluding hydrogens is 226 g/mol. The van der Waals surface area contributed by atoms with Crippen LogP contribution in [-0.4, -0.2) is 28.1 Å². The van der Waals surface area contributed by atoms with E-state index in [0.29, 0.717) is 0 Å². The molecule has 1 N–H and O–H groups in total. The highest BCUT2D eigenvalue weighted by Gasteiger charge is 2.19. The van der Waals surface area contributed by atoms with Gasteiger partial charge in [-0.1, -0.05) is 13.3 Å². The number of aromatic nitrogens is 2. The lowest BCUT2D eigenvalue weighted by molar-refractivity contribution is -0.0819. The summed E-state index contributed by atoms with van der Waals surface area (Å²) in [6.45, 7) is 4.30. The van der Waals surface area contributed by atoms with E-state index >= 15 is 0 Å². The number of aromatic amines is 1. The van der Waals surface area contributed by atoms with Gasteiger partial charge in [0.1, 0.15) is 5.65 Å². The molecule has 0 aliphatic carbocycles. The zero-order valence-electron chi connectivity index (χ0n) is 10.7. The van der Waals surface area contributed by atoms with Gasteiger partial charge in [-0.25, -0.2) is 4.98 Å². The zero-order chi connectivity index (χ0) is 12.4. The van der Waals surface area contributed by atoms with Crippen LogP contribution in [0.15, 0.2) is 24.5 Å². The van der Waals surface area contributed by atoms with Crippen molar-refractivity contribution in [2.75, 3.05) is 13.1 Å². The van der Waals surface area contributed by atoms with Gasteiger partial charge < -0.3 is 9.82 Å². The van der Waals surface area contributed by atoms with Crippen molar-refractivity contribution in [3.8, 4) is 5.75 Å². The molecule has 4 nitrogen and oxygen atoms in total. The Hall–Kier alpha value is -1.55. The largest absolute Gasteiger partial charge is 0.404 e. The summed E-state index contributed by atoms with van der Waals surface area (Å²) in [6.07, 6.45) is 7.43. The van der Waals surface area contributed by atoms with E-state index < -0.39 is 0 Å². The minimum atomic E-state index is 0.831. The lowest BCUT2D eigenvalue weighted by Gasteiger charge is -2.30. The first-order chi connectivity index (χ1) is 8.85. The zero-order valence-corrected chi connectivity index (χ0v) is 10.7. The minimum Gasteiger partial charge on any atom is -0.404 e. The summed E-state index contributed by atoms with van der Waals surface area (Å²) in [5.74, 6) is 1.70. The first kappa shape index (κ1) is 11.5.